The molecule has 1 aliphatic heterocycles. The number of aromatic nitrogens is 1. The van der Waals surface area contributed by atoms with Crippen molar-refractivity contribution in [3.63, 3.8) is 0 Å². The van der Waals surface area contributed by atoms with Gasteiger partial charge in [0, 0.05) is 32.4 Å². The van der Waals surface area contributed by atoms with Crippen LogP contribution in [0.1, 0.15) is 5.56 Å². The van der Waals surface area contributed by atoms with Gasteiger partial charge in [0.05, 0.1) is 23.7 Å². The molecule has 1 saturated heterocycles. The summed E-state index contributed by atoms with van der Waals surface area (Å²) in [5.74, 6) is 6.15. The van der Waals surface area contributed by atoms with Crippen LogP contribution in [0.5, 0.6) is 0 Å². The molecule has 0 spiro atoms. The summed E-state index contributed by atoms with van der Waals surface area (Å²) in [4.78, 5) is 7.91. The Morgan fingerprint density at radius 3 is 2.45 bits per heavy atom. The second kappa shape index (κ2) is 7.18. The highest BCUT2D eigenvalue weighted by atomic mass is 35.5. The average molecular weight is 333 g/mol. The lowest BCUT2D eigenvalue weighted by atomic mass is 10.2. The maximum Gasteiger partial charge on any atom is 0.417 e. The van der Waals surface area contributed by atoms with Crippen LogP contribution < -0.4 is 10.6 Å². The zero-order valence-electron chi connectivity index (χ0n) is 11.8. The van der Waals surface area contributed by atoms with Gasteiger partial charge in [-0.1, -0.05) is 23.4 Å². The van der Waals surface area contributed by atoms with Gasteiger partial charge in [-0.3, -0.25) is 4.90 Å². The Hall–Kier alpha value is -1.49. The zero-order valence-corrected chi connectivity index (χ0v) is 12.6. The first-order chi connectivity index (χ1) is 10.4. The van der Waals surface area contributed by atoms with Gasteiger partial charge in [0.1, 0.15) is 5.82 Å². The van der Waals surface area contributed by atoms with E-state index >= 15 is 0 Å². The second-order valence-electron chi connectivity index (χ2n) is 4.85. The molecule has 0 radical (unpaired) electrons. The lowest BCUT2D eigenvalue weighted by Crippen LogP contribution is -2.46. The van der Waals surface area contributed by atoms with Crippen molar-refractivity contribution >= 4 is 17.4 Å². The number of pyridine rings is 1. The van der Waals surface area contributed by atoms with Crippen LogP contribution in [0.4, 0.5) is 19.0 Å². The number of alkyl halides is 3. The number of halogens is 4. The average Bonchev–Trinajstić information content (AvgIpc) is 2.47. The number of rotatable bonds is 2. The van der Waals surface area contributed by atoms with Crippen molar-refractivity contribution in [3.8, 4) is 11.8 Å². The van der Waals surface area contributed by atoms with Gasteiger partial charge in [-0.15, -0.1) is 0 Å². The molecule has 0 saturated carbocycles. The minimum Gasteiger partial charge on any atom is -0.353 e. The number of piperazine rings is 1. The van der Waals surface area contributed by atoms with Gasteiger partial charge in [0.25, 0.3) is 0 Å². The molecule has 0 aromatic carbocycles. The van der Waals surface area contributed by atoms with Crippen LogP contribution >= 0.6 is 11.6 Å². The zero-order chi connectivity index (χ0) is 16.2. The van der Waals surface area contributed by atoms with Crippen LogP contribution in [-0.2, 0) is 6.18 Å². The van der Waals surface area contributed by atoms with Crippen LogP contribution in [-0.4, -0.2) is 49.2 Å². The van der Waals surface area contributed by atoms with Crippen molar-refractivity contribution in [1.29, 1.82) is 0 Å². The smallest absolute Gasteiger partial charge is 0.353 e. The standard InChI is InChI=1S/C14H16ClF3N4/c15-12-9-11(14(16,17)18)10-20-13(12)22-7-5-21(6-8-22)4-2-1-3-19/h9-10H,3-8,19H2. The maximum absolute atomic E-state index is 12.6. The summed E-state index contributed by atoms with van der Waals surface area (Å²) in [5, 5.41) is 0.0196. The lowest BCUT2D eigenvalue weighted by molar-refractivity contribution is -0.137. The monoisotopic (exact) mass is 332 g/mol. The van der Waals surface area contributed by atoms with Crippen LogP contribution in [0.2, 0.25) is 5.02 Å². The molecule has 0 unspecified atom stereocenters. The van der Waals surface area contributed by atoms with E-state index in [2.05, 4.69) is 21.7 Å². The van der Waals surface area contributed by atoms with Crippen LogP contribution in [0.15, 0.2) is 12.3 Å². The number of hydrogen-bond donors (Lipinski definition) is 1. The van der Waals surface area contributed by atoms with Gasteiger partial charge in [0.15, 0.2) is 0 Å². The molecular formula is C14H16ClF3N4. The van der Waals surface area contributed by atoms with Crippen LogP contribution in [0, 0.1) is 11.8 Å². The third kappa shape index (κ3) is 4.26. The molecule has 1 aromatic rings. The molecular weight excluding hydrogens is 317 g/mol. The molecule has 2 rings (SSSR count). The molecule has 1 aromatic heterocycles. The minimum absolute atomic E-state index is 0.0196. The summed E-state index contributed by atoms with van der Waals surface area (Å²) in [5.41, 5.74) is 4.46. The first-order valence-electron chi connectivity index (χ1n) is 6.77. The lowest BCUT2D eigenvalue weighted by Gasteiger charge is -2.34. The summed E-state index contributed by atoms with van der Waals surface area (Å²) in [6, 6.07) is 0.920. The van der Waals surface area contributed by atoms with E-state index in [-0.39, 0.29) is 5.02 Å². The predicted molar refractivity (Wildman–Crippen MR) is 79.7 cm³/mol. The highest BCUT2D eigenvalue weighted by molar-refractivity contribution is 6.33. The van der Waals surface area contributed by atoms with Gasteiger partial charge in [-0.2, -0.15) is 13.2 Å². The summed E-state index contributed by atoms with van der Waals surface area (Å²) in [6.45, 7) is 3.76. The van der Waals surface area contributed by atoms with Crippen molar-refractivity contribution in [2.45, 2.75) is 6.18 Å². The minimum atomic E-state index is -4.43. The van der Waals surface area contributed by atoms with E-state index in [9.17, 15) is 13.2 Å². The first-order valence-corrected chi connectivity index (χ1v) is 7.15. The Kier molecular flexibility index (Phi) is 5.51. The highest BCUT2D eigenvalue weighted by Gasteiger charge is 2.32. The third-order valence-corrected chi connectivity index (χ3v) is 3.63. The molecule has 1 fully saturated rings. The third-order valence-electron chi connectivity index (χ3n) is 3.35. The van der Waals surface area contributed by atoms with Crippen LogP contribution in [0.3, 0.4) is 0 Å². The van der Waals surface area contributed by atoms with E-state index in [4.69, 9.17) is 17.3 Å². The largest absolute Gasteiger partial charge is 0.417 e. The molecule has 0 amide bonds. The Bertz CT molecular complexity index is 572. The summed E-state index contributed by atoms with van der Waals surface area (Å²) >= 11 is 5.95. The van der Waals surface area contributed by atoms with E-state index in [1.54, 1.807) is 0 Å². The normalized spacial score (nSPS) is 16.3. The molecule has 0 bridgehead atoms. The highest BCUT2D eigenvalue weighted by Crippen LogP contribution is 2.33. The second-order valence-corrected chi connectivity index (χ2v) is 5.26. The molecule has 0 aliphatic carbocycles. The van der Waals surface area contributed by atoms with Crippen molar-refractivity contribution in [3.05, 3.63) is 22.8 Å². The first kappa shape index (κ1) is 16.9. The maximum atomic E-state index is 12.6. The van der Waals surface area contributed by atoms with Gasteiger partial charge >= 0.3 is 6.18 Å². The molecule has 2 heterocycles. The molecule has 2 N–H and O–H groups in total. The van der Waals surface area contributed by atoms with Gasteiger partial charge in [-0.05, 0) is 6.07 Å². The Labute approximate surface area is 132 Å². The van der Waals surface area contributed by atoms with E-state index in [0.717, 1.165) is 25.4 Å². The van der Waals surface area contributed by atoms with Crippen molar-refractivity contribution in [2.24, 2.45) is 5.73 Å². The number of nitrogens with two attached hydrogens (primary N) is 1. The van der Waals surface area contributed by atoms with Gasteiger partial charge in [-0.25, -0.2) is 4.98 Å². The van der Waals surface area contributed by atoms with E-state index in [1.165, 1.54) is 0 Å². The van der Waals surface area contributed by atoms with E-state index in [0.29, 0.717) is 32.0 Å². The molecule has 1 aliphatic rings. The topological polar surface area (TPSA) is 45.4 Å². The summed E-state index contributed by atoms with van der Waals surface area (Å²) < 4.78 is 37.8. The Morgan fingerprint density at radius 2 is 1.91 bits per heavy atom. The molecule has 120 valence electrons. The fraction of sp³-hybridized carbons (Fsp3) is 0.500. The van der Waals surface area contributed by atoms with Crippen molar-refractivity contribution < 1.29 is 13.2 Å². The number of anilines is 1. The quantitative estimate of drug-likeness (QED) is 0.839. The Morgan fingerprint density at radius 1 is 1.23 bits per heavy atom. The van der Waals surface area contributed by atoms with E-state index < -0.39 is 11.7 Å². The molecule has 22 heavy (non-hydrogen) atoms. The fourth-order valence-electron chi connectivity index (χ4n) is 2.18. The summed E-state index contributed by atoms with van der Waals surface area (Å²) in [7, 11) is 0. The van der Waals surface area contributed by atoms with Gasteiger partial charge in [0.2, 0.25) is 0 Å². The predicted octanol–water partition coefficient (Wildman–Crippen LogP) is 1.84. The number of nitrogens with zero attached hydrogens (tertiary/aromatic N) is 3. The molecule has 8 heteroatoms. The SMILES string of the molecule is NCC#CCN1CCN(c2ncc(C(F)(F)F)cc2Cl)CC1. The van der Waals surface area contributed by atoms with Crippen molar-refractivity contribution in [1.82, 2.24) is 9.88 Å². The molecule has 0 atom stereocenters. The Balaban J connectivity index is 2.00. The van der Waals surface area contributed by atoms with Crippen molar-refractivity contribution in [2.75, 3.05) is 44.2 Å². The fourth-order valence-corrected chi connectivity index (χ4v) is 2.46. The summed E-state index contributed by atoms with van der Waals surface area (Å²) in [6.07, 6.45) is -3.62. The number of hydrogen-bond acceptors (Lipinski definition) is 4. The molecule has 4 nitrogen and oxygen atoms in total. The van der Waals surface area contributed by atoms with E-state index in [1.807, 2.05) is 4.90 Å². The van der Waals surface area contributed by atoms with Gasteiger partial charge < -0.3 is 10.6 Å². The van der Waals surface area contributed by atoms with Crippen LogP contribution in [0.25, 0.3) is 0 Å².